The van der Waals surface area contributed by atoms with E-state index in [0.717, 1.165) is 0 Å². The molecule has 0 radical (unpaired) electrons. The fourth-order valence-corrected chi connectivity index (χ4v) is 3.63. The minimum Gasteiger partial charge on any atom is -0.488 e. The van der Waals surface area contributed by atoms with Gasteiger partial charge in [0.25, 0.3) is 0 Å². The summed E-state index contributed by atoms with van der Waals surface area (Å²) in [5, 5.41) is 2.72. The van der Waals surface area contributed by atoms with E-state index in [1.165, 1.54) is 4.90 Å². The number of esters is 1. The van der Waals surface area contributed by atoms with Gasteiger partial charge in [0.15, 0.2) is 0 Å². The molecule has 2 heterocycles. The van der Waals surface area contributed by atoms with Gasteiger partial charge in [0.2, 0.25) is 5.91 Å². The third-order valence-corrected chi connectivity index (χ3v) is 5.09. The number of likely N-dealkylation sites (tertiary alicyclic amines) is 1. The van der Waals surface area contributed by atoms with Gasteiger partial charge < -0.3 is 29.3 Å². The standard InChI is InChI=1S/C21H29N3O6/c1-2-29-19(25)8-9-22-21(27)24-15-17(30-16-6-4-3-5-7-16)14-18(24)20(26)23-10-12-28-13-11-23/h3-7,17-18H,2,8-15H2,1H3,(H,22,27)/t17-,18-/m0/s1. The Kier molecular flexibility index (Phi) is 7.89. The molecule has 2 fully saturated rings. The first-order valence-electron chi connectivity index (χ1n) is 10.4. The molecule has 0 bridgehead atoms. The normalized spacial score (nSPS) is 21.2. The zero-order valence-electron chi connectivity index (χ0n) is 17.2. The van der Waals surface area contributed by atoms with Crippen molar-refractivity contribution in [2.75, 3.05) is 46.0 Å². The van der Waals surface area contributed by atoms with E-state index in [4.69, 9.17) is 14.2 Å². The molecule has 1 aromatic rings. The lowest BCUT2D eigenvalue weighted by molar-refractivity contribution is -0.143. The van der Waals surface area contributed by atoms with Gasteiger partial charge in [-0.25, -0.2) is 4.79 Å². The number of hydrogen-bond donors (Lipinski definition) is 1. The Morgan fingerprint density at radius 2 is 1.90 bits per heavy atom. The molecule has 2 aliphatic rings. The minimum atomic E-state index is -0.612. The highest BCUT2D eigenvalue weighted by atomic mass is 16.5. The predicted molar refractivity (Wildman–Crippen MR) is 108 cm³/mol. The Morgan fingerprint density at radius 1 is 1.17 bits per heavy atom. The van der Waals surface area contributed by atoms with Gasteiger partial charge in [-0.05, 0) is 19.1 Å². The molecule has 3 amide bonds. The molecule has 9 heteroatoms. The lowest BCUT2D eigenvalue weighted by Gasteiger charge is -2.32. The highest BCUT2D eigenvalue weighted by Crippen LogP contribution is 2.25. The highest BCUT2D eigenvalue weighted by Gasteiger charge is 2.42. The molecule has 164 valence electrons. The maximum Gasteiger partial charge on any atom is 0.318 e. The highest BCUT2D eigenvalue weighted by molar-refractivity contribution is 5.88. The minimum absolute atomic E-state index is 0.0828. The zero-order chi connectivity index (χ0) is 21.3. The molecule has 0 spiro atoms. The fraction of sp³-hybridized carbons (Fsp3) is 0.571. The van der Waals surface area contributed by atoms with Gasteiger partial charge in [-0.2, -0.15) is 0 Å². The molecular weight excluding hydrogens is 390 g/mol. The van der Waals surface area contributed by atoms with Crippen LogP contribution in [0.5, 0.6) is 5.75 Å². The summed E-state index contributed by atoms with van der Waals surface area (Å²) < 4.78 is 16.2. The number of carbonyl (C=O) groups is 3. The van der Waals surface area contributed by atoms with Gasteiger partial charge in [0.05, 0.1) is 32.8 Å². The predicted octanol–water partition coefficient (Wildman–Crippen LogP) is 1.03. The van der Waals surface area contributed by atoms with Crippen LogP contribution in [0.2, 0.25) is 0 Å². The molecule has 30 heavy (non-hydrogen) atoms. The Hall–Kier alpha value is -2.81. The number of nitrogens with one attached hydrogen (secondary N) is 1. The summed E-state index contributed by atoms with van der Waals surface area (Å²) in [5.74, 6) is 0.230. The molecule has 0 aliphatic carbocycles. The molecule has 9 nitrogen and oxygen atoms in total. The number of para-hydroxylation sites is 1. The van der Waals surface area contributed by atoms with Crippen LogP contribution in [-0.2, 0) is 19.1 Å². The summed E-state index contributed by atoms with van der Waals surface area (Å²) in [7, 11) is 0. The smallest absolute Gasteiger partial charge is 0.318 e. The Labute approximate surface area is 176 Å². The summed E-state index contributed by atoms with van der Waals surface area (Å²) in [6.45, 7) is 4.48. The molecule has 0 saturated carbocycles. The summed E-state index contributed by atoms with van der Waals surface area (Å²) in [6.07, 6.45) is 0.203. The lowest BCUT2D eigenvalue weighted by Crippen LogP contribution is -2.53. The van der Waals surface area contributed by atoms with E-state index in [1.807, 2.05) is 30.3 Å². The number of urea groups is 1. The van der Waals surface area contributed by atoms with E-state index < -0.39 is 6.04 Å². The quantitative estimate of drug-likeness (QED) is 0.663. The SMILES string of the molecule is CCOC(=O)CCNC(=O)N1C[C@@H](Oc2ccccc2)C[C@H]1C(=O)N1CCOCC1. The first-order valence-corrected chi connectivity index (χ1v) is 10.4. The number of nitrogens with zero attached hydrogens (tertiary/aromatic N) is 2. The second-order valence-corrected chi connectivity index (χ2v) is 7.18. The maximum atomic E-state index is 13.1. The van der Waals surface area contributed by atoms with Crippen molar-refractivity contribution in [1.29, 1.82) is 0 Å². The molecule has 2 saturated heterocycles. The number of benzene rings is 1. The second kappa shape index (κ2) is 10.8. The van der Waals surface area contributed by atoms with Crippen LogP contribution in [0, 0.1) is 0 Å². The monoisotopic (exact) mass is 419 g/mol. The first-order chi connectivity index (χ1) is 14.6. The van der Waals surface area contributed by atoms with Crippen molar-refractivity contribution in [2.24, 2.45) is 0 Å². The van der Waals surface area contributed by atoms with E-state index in [2.05, 4.69) is 5.32 Å². The van der Waals surface area contributed by atoms with Crippen molar-refractivity contribution in [3.63, 3.8) is 0 Å². The number of carbonyl (C=O) groups excluding carboxylic acids is 3. The summed E-state index contributed by atoms with van der Waals surface area (Å²) in [4.78, 5) is 40.6. The molecule has 2 aliphatic heterocycles. The van der Waals surface area contributed by atoms with E-state index >= 15 is 0 Å². The molecule has 1 aromatic carbocycles. The average molecular weight is 419 g/mol. The molecular formula is C21H29N3O6. The van der Waals surface area contributed by atoms with Crippen LogP contribution < -0.4 is 10.1 Å². The summed E-state index contributed by atoms with van der Waals surface area (Å²) >= 11 is 0. The maximum absolute atomic E-state index is 13.1. The largest absolute Gasteiger partial charge is 0.488 e. The van der Waals surface area contributed by atoms with Crippen LogP contribution in [0.4, 0.5) is 4.79 Å². The molecule has 0 unspecified atom stereocenters. The van der Waals surface area contributed by atoms with E-state index in [9.17, 15) is 14.4 Å². The molecule has 3 rings (SSSR count). The summed E-state index contributed by atoms with van der Waals surface area (Å²) in [5.41, 5.74) is 0. The van der Waals surface area contributed by atoms with E-state index in [1.54, 1.807) is 11.8 Å². The van der Waals surface area contributed by atoms with Crippen molar-refractivity contribution >= 4 is 17.9 Å². The Bertz CT molecular complexity index is 723. The molecule has 1 N–H and O–H groups in total. The van der Waals surface area contributed by atoms with Gasteiger partial charge in [-0.1, -0.05) is 18.2 Å². The number of ether oxygens (including phenoxy) is 3. The molecule has 2 atom stereocenters. The number of amides is 3. The van der Waals surface area contributed by atoms with Gasteiger partial charge in [-0.15, -0.1) is 0 Å². The lowest BCUT2D eigenvalue weighted by atomic mass is 10.1. The Balaban J connectivity index is 1.63. The fourth-order valence-electron chi connectivity index (χ4n) is 3.63. The molecule has 0 aromatic heterocycles. The third-order valence-electron chi connectivity index (χ3n) is 5.09. The van der Waals surface area contributed by atoms with Gasteiger partial charge in [0.1, 0.15) is 17.9 Å². The second-order valence-electron chi connectivity index (χ2n) is 7.18. The van der Waals surface area contributed by atoms with Crippen molar-refractivity contribution in [1.82, 2.24) is 15.1 Å². The summed E-state index contributed by atoms with van der Waals surface area (Å²) in [6, 6.07) is 8.35. The van der Waals surface area contributed by atoms with Crippen LogP contribution in [0.1, 0.15) is 19.8 Å². The number of hydrogen-bond acceptors (Lipinski definition) is 6. The van der Waals surface area contributed by atoms with Gasteiger partial charge in [0, 0.05) is 26.1 Å². The third kappa shape index (κ3) is 5.85. The van der Waals surface area contributed by atoms with Crippen molar-refractivity contribution < 1.29 is 28.6 Å². The van der Waals surface area contributed by atoms with Crippen molar-refractivity contribution in [2.45, 2.75) is 31.9 Å². The van der Waals surface area contributed by atoms with Crippen LogP contribution in [0.3, 0.4) is 0 Å². The van der Waals surface area contributed by atoms with Crippen molar-refractivity contribution in [3.8, 4) is 5.75 Å². The number of morpholine rings is 1. The zero-order valence-corrected chi connectivity index (χ0v) is 17.2. The first kappa shape index (κ1) is 21.9. The topological polar surface area (TPSA) is 97.4 Å². The van der Waals surface area contributed by atoms with Crippen LogP contribution >= 0.6 is 0 Å². The Morgan fingerprint density at radius 3 is 2.60 bits per heavy atom. The van der Waals surface area contributed by atoms with E-state index in [-0.39, 0.29) is 37.0 Å². The van der Waals surface area contributed by atoms with Gasteiger partial charge >= 0.3 is 12.0 Å². The number of rotatable bonds is 7. The van der Waals surface area contributed by atoms with E-state index in [0.29, 0.717) is 51.6 Å². The van der Waals surface area contributed by atoms with Crippen molar-refractivity contribution in [3.05, 3.63) is 30.3 Å². The van der Waals surface area contributed by atoms with Gasteiger partial charge in [-0.3, -0.25) is 9.59 Å². The average Bonchev–Trinajstić information content (AvgIpc) is 3.18. The van der Waals surface area contributed by atoms with Crippen LogP contribution in [0.25, 0.3) is 0 Å². The van der Waals surface area contributed by atoms with Crippen LogP contribution in [-0.4, -0.2) is 85.9 Å². The van der Waals surface area contributed by atoms with Crippen LogP contribution in [0.15, 0.2) is 30.3 Å².